The van der Waals surface area contributed by atoms with Crippen LogP contribution in [0.25, 0.3) is 0 Å². The van der Waals surface area contributed by atoms with Crippen LogP contribution < -0.4 is 15.0 Å². The molecule has 0 bridgehead atoms. The summed E-state index contributed by atoms with van der Waals surface area (Å²) in [6, 6.07) is 12.4. The number of anilines is 2. The largest absolute Gasteiger partial charge is 0.497 e. The molecule has 154 valence electrons. The Morgan fingerprint density at radius 2 is 1.90 bits per heavy atom. The molecule has 1 aliphatic heterocycles. The van der Waals surface area contributed by atoms with Crippen LogP contribution in [0.1, 0.15) is 33.7 Å². The number of aromatic nitrogens is 2. The van der Waals surface area contributed by atoms with Gasteiger partial charge in [0.15, 0.2) is 0 Å². The number of fused-ring (bicyclic) bond motifs is 1. The lowest BCUT2D eigenvalue weighted by atomic mass is 10.0. The predicted octanol–water partition coefficient (Wildman–Crippen LogP) is 3.05. The second kappa shape index (κ2) is 8.67. The molecule has 0 fully saturated rings. The summed E-state index contributed by atoms with van der Waals surface area (Å²) in [4.78, 5) is 34.6. The van der Waals surface area contributed by atoms with Crippen molar-refractivity contribution < 1.29 is 14.3 Å². The number of carbonyl (C=O) groups is 2. The van der Waals surface area contributed by atoms with Crippen LogP contribution in [0.2, 0.25) is 0 Å². The topological polar surface area (TPSA) is 84.4 Å². The van der Waals surface area contributed by atoms with E-state index in [2.05, 4.69) is 27.1 Å². The van der Waals surface area contributed by atoms with Gasteiger partial charge in [-0.2, -0.15) is 0 Å². The van der Waals surface area contributed by atoms with Gasteiger partial charge < -0.3 is 15.0 Å². The molecule has 1 N–H and O–H groups in total. The molecule has 0 saturated carbocycles. The zero-order valence-corrected chi connectivity index (χ0v) is 17.2. The molecule has 0 saturated heterocycles. The fourth-order valence-corrected chi connectivity index (χ4v) is 3.35. The normalized spacial score (nSPS) is 12.5. The van der Waals surface area contributed by atoms with E-state index in [9.17, 15) is 9.59 Å². The molecule has 2 amide bonds. The third-order valence-corrected chi connectivity index (χ3v) is 4.97. The van der Waals surface area contributed by atoms with Crippen molar-refractivity contribution in [1.29, 1.82) is 0 Å². The van der Waals surface area contributed by atoms with Crippen LogP contribution in [0.4, 0.5) is 11.4 Å². The number of aryl methyl sites for hydroxylation is 1. The number of hydrogen-bond acceptors (Lipinski definition) is 5. The minimum Gasteiger partial charge on any atom is -0.497 e. The van der Waals surface area contributed by atoms with Crippen LogP contribution in [0.15, 0.2) is 54.9 Å². The molecule has 0 aliphatic carbocycles. The first kappa shape index (κ1) is 20.1. The summed E-state index contributed by atoms with van der Waals surface area (Å²) in [7, 11) is 3.30. The number of hydrogen-bond donors (Lipinski definition) is 1. The summed E-state index contributed by atoms with van der Waals surface area (Å²) in [6.45, 7) is 0. The van der Waals surface area contributed by atoms with E-state index in [0.717, 1.165) is 11.3 Å². The van der Waals surface area contributed by atoms with E-state index in [-0.39, 0.29) is 11.8 Å². The van der Waals surface area contributed by atoms with Gasteiger partial charge in [0.2, 0.25) is 11.7 Å². The fraction of sp³-hybridized carbons (Fsp3) is 0.167. The Kier molecular flexibility index (Phi) is 5.63. The van der Waals surface area contributed by atoms with Gasteiger partial charge in [0, 0.05) is 48.4 Å². The second-order valence-corrected chi connectivity index (χ2v) is 7.02. The van der Waals surface area contributed by atoms with Gasteiger partial charge >= 0.3 is 0 Å². The van der Waals surface area contributed by atoms with Gasteiger partial charge in [0.1, 0.15) is 5.75 Å². The number of nitrogens with one attached hydrogen (secondary N) is 1. The summed E-state index contributed by atoms with van der Waals surface area (Å²) < 4.78 is 5.33. The highest BCUT2D eigenvalue weighted by molar-refractivity contribution is 6.05. The van der Waals surface area contributed by atoms with E-state index < -0.39 is 0 Å². The van der Waals surface area contributed by atoms with Crippen molar-refractivity contribution in [3.05, 3.63) is 77.4 Å². The van der Waals surface area contributed by atoms with E-state index >= 15 is 0 Å². The molecule has 4 rings (SSSR count). The number of amides is 2. The quantitative estimate of drug-likeness (QED) is 0.669. The Morgan fingerprint density at radius 3 is 2.68 bits per heavy atom. The fourth-order valence-electron chi connectivity index (χ4n) is 3.35. The number of methoxy groups -OCH3 is 1. The number of benzene rings is 2. The molecule has 1 aliphatic rings. The molecule has 0 atom stereocenters. The molecule has 7 nitrogen and oxygen atoms in total. The van der Waals surface area contributed by atoms with Gasteiger partial charge in [0.05, 0.1) is 7.11 Å². The van der Waals surface area contributed by atoms with Crippen LogP contribution in [0.3, 0.4) is 0 Å². The summed E-state index contributed by atoms with van der Waals surface area (Å²) in [6.07, 6.45) is 4.36. The van der Waals surface area contributed by atoms with E-state index in [0.29, 0.717) is 41.2 Å². The third kappa shape index (κ3) is 4.54. The molecule has 31 heavy (non-hydrogen) atoms. The maximum atomic E-state index is 12.9. The monoisotopic (exact) mass is 412 g/mol. The van der Waals surface area contributed by atoms with Crippen LogP contribution in [-0.2, 0) is 11.2 Å². The van der Waals surface area contributed by atoms with Crippen LogP contribution in [-0.4, -0.2) is 35.9 Å². The lowest BCUT2D eigenvalue weighted by Gasteiger charge is -2.26. The standard InChI is InChI=1S/C24H20N4O3/c1-28-21-7-6-19(14-17(21)5-9-23(28)29)27-24(30)18-12-16(13-20(15-18)31-2)4-8-22-25-10-3-11-26-22/h3,6-7,10-15H,5,9H2,1-2H3,(H,27,30). The summed E-state index contributed by atoms with van der Waals surface area (Å²) in [5.41, 5.74) is 3.60. The van der Waals surface area contributed by atoms with Gasteiger partial charge in [-0.15, -0.1) is 0 Å². The molecule has 2 aromatic carbocycles. The first-order valence-electron chi connectivity index (χ1n) is 9.72. The highest BCUT2D eigenvalue weighted by Crippen LogP contribution is 2.29. The van der Waals surface area contributed by atoms with Crippen LogP contribution >= 0.6 is 0 Å². The maximum absolute atomic E-state index is 12.9. The summed E-state index contributed by atoms with van der Waals surface area (Å²) in [5.74, 6) is 6.59. The molecule has 0 unspecified atom stereocenters. The Labute approximate surface area is 180 Å². The molecule has 2 heterocycles. The zero-order chi connectivity index (χ0) is 21.8. The molecular formula is C24H20N4O3. The van der Waals surface area contributed by atoms with Crippen molar-refractivity contribution in [2.45, 2.75) is 12.8 Å². The average Bonchev–Trinajstić information content (AvgIpc) is 2.80. The number of ether oxygens (including phenoxy) is 1. The Bertz CT molecular complexity index is 1210. The lowest BCUT2D eigenvalue weighted by molar-refractivity contribution is -0.118. The smallest absolute Gasteiger partial charge is 0.255 e. The second-order valence-electron chi connectivity index (χ2n) is 7.02. The van der Waals surface area contributed by atoms with Crippen LogP contribution in [0.5, 0.6) is 5.75 Å². The number of rotatable bonds is 3. The summed E-state index contributed by atoms with van der Waals surface area (Å²) in [5, 5.41) is 2.92. The Morgan fingerprint density at radius 1 is 1.10 bits per heavy atom. The number of nitrogens with zero attached hydrogens (tertiary/aromatic N) is 3. The van der Waals surface area contributed by atoms with Crippen molar-refractivity contribution in [1.82, 2.24) is 9.97 Å². The van der Waals surface area contributed by atoms with E-state index in [4.69, 9.17) is 4.74 Å². The average molecular weight is 412 g/mol. The SMILES string of the molecule is COc1cc(C#Cc2ncccn2)cc(C(=O)Nc2ccc3c(c2)CCC(=O)N3C)c1. The van der Waals surface area contributed by atoms with Gasteiger partial charge in [-0.25, -0.2) is 9.97 Å². The van der Waals surface area contributed by atoms with Crippen molar-refractivity contribution >= 4 is 23.2 Å². The minimum absolute atomic E-state index is 0.0928. The highest BCUT2D eigenvalue weighted by Gasteiger charge is 2.21. The number of carbonyl (C=O) groups excluding carboxylic acids is 2. The maximum Gasteiger partial charge on any atom is 0.255 e. The van der Waals surface area contributed by atoms with Crippen molar-refractivity contribution in [2.24, 2.45) is 0 Å². The van der Waals surface area contributed by atoms with Crippen molar-refractivity contribution in [3.8, 4) is 17.6 Å². The minimum atomic E-state index is -0.280. The molecule has 3 aromatic rings. The summed E-state index contributed by atoms with van der Waals surface area (Å²) >= 11 is 0. The molecule has 0 radical (unpaired) electrons. The van der Waals surface area contributed by atoms with E-state index in [1.54, 1.807) is 54.7 Å². The van der Waals surface area contributed by atoms with Crippen LogP contribution in [0, 0.1) is 11.8 Å². The van der Waals surface area contributed by atoms with Gasteiger partial charge in [-0.1, -0.05) is 5.92 Å². The van der Waals surface area contributed by atoms with Gasteiger partial charge in [0.25, 0.3) is 5.91 Å². The zero-order valence-electron chi connectivity index (χ0n) is 17.2. The van der Waals surface area contributed by atoms with Gasteiger partial charge in [-0.3, -0.25) is 9.59 Å². The third-order valence-electron chi connectivity index (χ3n) is 4.97. The van der Waals surface area contributed by atoms with Gasteiger partial charge in [-0.05, 0) is 60.4 Å². The first-order chi connectivity index (χ1) is 15.0. The lowest BCUT2D eigenvalue weighted by Crippen LogP contribution is -2.31. The molecular weight excluding hydrogens is 392 g/mol. The highest BCUT2D eigenvalue weighted by atomic mass is 16.5. The van der Waals surface area contributed by atoms with Crippen molar-refractivity contribution in [3.63, 3.8) is 0 Å². The van der Waals surface area contributed by atoms with E-state index in [1.807, 2.05) is 12.1 Å². The molecule has 7 heteroatoms. The Balaban J connectivity index is 1.57. The first-order valence-corrected chi connectivity index (χ1v) is 9.72. The van der Waals surface area contributed by atoms with Crippen molar-refractivity contribution in [2.75, 3.05) is 24.4 Å². The predicted molar refractivity (Wildman–Crippen MR) is 117 cm³/mol. The Hall–Kier alpha value is -4.18. The van der Waals surface area contributed by atoms with E-state index in [1.165, 1.54) is 7.11 Å². The molecule has 0 spiro atoms. The molecule has 1 aromatic heterocycles.